The second kappa shape index (κ2) is 11.1. The van der Waals surface area contributed by atoms with Crippen molar-refractivity contribution in [2.24, 2.45) is 16.7 Å². The molecule has 244 valence electrons. The minimum absolute atomic E-state index is 0.213. The Hall–Kier alpha value is -1.97. The van der Waals surface area contributed by atoms with Crippen molar-refractivity contribution >= 4 is 17.7 Å². The lowest BCUT2D eigenvalue weighted by Crippen LogP contribution is -2.87. The van der Waals surface area contributed by atoms with Crippen molar-refractivity contribution in [1.82, 2.24) is 0 Å². The van der Waals surface area contributed by atoms with Crippen LogP contribution in [0, 0.1) is 16.7 Å². The van der Waals surface area contributed by atoms with Crippen molar-refractivity contribution in [2.45, 2.75) is 134 Å². The number of aliphatic hydroxyl groups is 5. The van der Waals surface area contributed by atoms with Crippen molar-refractivity contribution in [1.29, 1.82) is 0 Å². The highest BCUT2D eigenvalue weighted by molar-refractivity contribution is 5.92. The van der Waals surface area contributed by atoms with Gasteiger partial charge in [0.1, 0.15) is 36.1 Å². The molecule has 13 nitrogen and oxygen atoms in total. The van der Waals surface area contributed by atoms with Gasteiger partial charge >= 0.3 is 11.9 Å². The van der Waals surface area contributed by atoms with Crippen LogP contribution in [-0.4, -0.2) is 116 Å². The topological polar surface area (TPSA) is 199 Å². The number of carbonyl (C=O) groups excluding carboxylic acids is 3. The minimum Gasteiger partial charge on any atom is -0.458 e. The maximum absolute atomic E-state index is 14.4. The predicted octanol–water partition coefficient (Wildman–Crippen LogP) is -0.0851. The summed E-state index contributed by atoms with van der Waals surface area (Å²) in [6, 6.07) is 0. The molecule has 0 aromatic rings. The average molecular weight is 615 g/mol. The fourth-order valence-electron chi connectivity index (χ4n) is 8.46. The standard InChI is InChI=1S/C30H46O13/c1-9-27(6)12-17(34)30(38)28(7)18(42-25-21(37)20(36)19(35)16(13-31)41-25)10-11-26(4,5)23(28)22(39-14(2)32)24(40-15(3)33)29(30,8)43-27/h9,16,18-25,31,35-38H,1,10-13H2,2-8H3/t16-,18+,19-,20+,21-,22+,23+,24+,25+,27+,28+,29-,30+/m1/s1. The minimum atomic E-state index is -2.43. The summed E-state index contributed by atoms with van der Waals surface area (Å²) in [5.41, 5.74) is -8.14. The molecular formula is C30H46O13. The van der Waals surface area contributed by atoms with Gasteiger partial charge in [-0.1, -0.05) is 26.8 Å². The number of carbonyl (C=O) groups is 3. The Kier molecular flexibility index (Phi) is 8.78. The second-order valence-corrected chi connectivity index (χ2v) is 13.7. The van der Waals surface area contributed by atoms with Crippen molar-refractivity contribution < 1.29 is 63.6 Å². The Morgan fingerprint density at radius 3 is 2.16 bits per heavy atom. The number of esters is 2. The molecule has 2 saturated carbocycles. The summed E-state index contributed by atoms with van der Waals surface area (Å²) in [4.78, 5) is 39.5. The quantitative estimate of drug-likeness (QED) is 0.197. The van der Waals surface area contributed by atoms with Gasteiger partial charge in [-0.05, 0) is 32.1 Å². The molecule has 0 radical (unpaired) electrons. The maximum atomic E-state index is 14.4. The maximum Gasteiger partial charge on any atom is 0.303 e. The summed E-state index contributed by atoms with van der Waals surface area (Å²) in [6.07, 6.45) is -9.96. The van der Waals surface area contributed by atoms with Gasteiger partial charge in [-0.25, -0.2) is 0 Å². The molecule has 0 bridgehead atoms. The number of rotatable bonds is 6. The molecule has 0 spiro atoms. The average Bonchev–Trinajstić information content (AvgIpc) is 2.90. The number of hydrogen-bond acceptors (Lipinski definition) is 13. The first kappa shape index (κ1) is 33.9. The van der Waals surface area contributed by atoms with Crippen LogP contribution in [0.3, 0.4) is 0 Å². The molecule has 2 heterocycles. The molecular weight excluding hydrogens is 568 g/mol. The van der Waals surface area contributed by atoms with Crippen LogP contribution < -0.4 is 0 Å². The number of ether oxygens (including phenoxy) is 5. The van der Waals surface area contributed by atoms with Crippen LogP contribution in [0.2, 0.25) is 0 Å². The Morgan fingerprint density at radius 1 is 1.02 bits per heavy atom. The van der Waals surface area contributed by atoms with Crippen molar-refractivity contribution in [3.63, 3.8) is 0 Å². The molecule has 4 rings (SSSR count). The largest absolute Gasteiger partial charge is 0.458 e. The van der Waals surface area contributed by atoms with Crippen LogP contribution in [0.15, 0.2) is 12.7 Å². The third kappa shape index (κ3) is 4.96. The Balaban J connectivity index is 1.96. The zero-order valence-electron chi connectivity index (χ0n) is 25.8. The molecule has 0 aromatic heterocycles. The second-order valence-electron chi connectivity index (χ2n) is 13.7. The van der Waals surface area contributed by atoms with E-state index in [0.29, 0.717) is 6.42 Å². The summed E-state index contributed by atoms with van der Waals surface area (Å²) in [5, 5.41) is 54.2. The molecule has 4 fully saturated rings. The van der Waals surface area contributed by atoms with Crippen LogP contribution in [-0.2, 0) is 38.1 Å². The van der Waals surface area contributed by atoms with E-state index in [0.717, 1.165) is 6.92 Å². The summed E-state index contributed by atoms with van der Waals surface area (Å²) >= 11 is 0. The highest BCUT2D eigenvalue weighted by atomic mass is 16.7. The molecule has 13 heteroatoms. The van der Waals surface area contributed by atoms with Gasteiger partial charge in [0.2, 0.25) is 0 Å². The zero-order chi connectivity index (χ0) is 32.5. The van der Waals surface area contributed by atoms with Gasteiger partial charge in [0.05, 0.1) is 18.3 Å². The van der Waals surface area contributed by atoms with Gasteiger partial charge in [-0.15, -0.1) is 6.58 Å². The molecule has 2 saturated heterocycles. The molecule has 2 aliphatic heterocycles. The first-order chi connectivity index (χ1) is 19.7. The summed E-state index contributed by atoms with van der Waals surface area (Å²) in [6.45, 7) is 13.9. The molecule has 0 aromatic carbocycles. The lowest BCUT2D eigenvalue weighted by molar-refractivity contribution is -0.390. The Morgan fingerprint density at radius 2 is 1.63 bits per heavy atom. The monoisotopic (exact) mass is 614 g/mol. The smallest absolute Gasteiger partial charge is 0.303 e. The summed E-state index contributed by atoms with van der Waals surface area (Å²) in [7, 11) is 0. The van der Waals surface area contributed by atoms with Gasteiger partial charge in [-0.2, -0.15) is 0 Å². The van der Waals surface area contributed by atoms with Crippen molar-refractivity contribution in [3.8, 4) is 0 Å². The number of Topliss-reactive ketones (excluding diaryl/α,β-unsaturated/α-hetero) is 1. The van der Waals surface area contributed by atoms with E-state index < -0.39 is 107 Å². The van der Waals surface area contributed by atoms with E-state index >= 15 is 0 Å². The van der Waals surface area contributed by atoms with Crippen molar-refractivity contribution in [2.75, 3.05) is 6.61 Å². The van der Waals surface area contributed by atoms with Gasteiger partial charge < -0.3 is 49.2 Å². The van der Waals surface area contributed by atoms with E-state index in [1.54, 1.807) is 13.8 Å². The fraction of sp³-hybridized carbons (Fsp3) is 0.833. The molecule has 5 N–H and O–H groups in total. The van der Waals surface area contributed by atoms with Crippen LogP contribution in [0.1, 0.15) is 67.7 Å². The van der Waals surface area contributed by atoms with Crippen molar-refractivity contribution in [3.05, 3.63) is 12.7 Å². The summed E-state index contributed by atoms with van der Waals surface area (Å²) in [5.74, 6) is -2.98. The van der Waals surface area contributed by atoms with E-state index in [1.165, 1.54) is 19.9 Å². The van der Waals surface area contributed by atoms with E-state index in [2.05, 4.69) is 6.58 Å². The molecule has 2 aliphatic carbocycles. The normalized spacial score (nSPS) is 49.3. The Bertz CT molecular complexity index is 1140. The third-order valence-corrected chi connectivity index (χ3v) is 10.4. The number of fused-ring (bicyclic) bond motifs is 3. The van der Waals surface area contributed by atoms with E-state index in [4.69, 9.17) is 23.7 Å². The molecule has 0 unspecified atom stereocenters. The predicted molar refractivity (Wildman–Crippen MR) is 147 cm³/mol. The van der Waals surface area contributed by atoms with Gasteiger partial charge in [-0.3, -0.25) is 14.4 Å². The summed E-state index contributed by atoms with van der Waals surface area (Å²) < 4.78 is 30.2. The Labute approximate surface area is 251 Å². The lowest BCUT2D eigenvalue weighted by atomic mass is 9.39. The number of aliphatic hydroxyl groups excluding tert-OH is 4. The lowest BCUT2D eigenvalue weighted by Gasteiger charge is -2.71. The first-order valence-corrected chi connectivity index (χ1v) is 14.6. The van der Waals surface area contributed by atoms with Crippen LogP contribution >= 0.6 is 0 Å². The third-order valence-electron chi connectivity index (χ3n) is 10.4. The highest BCUT2D eigenvalue weighted by Crippen LogP contribution is 2.68. The fourth-order valence-corrected chi connectivity index (χ4v) is 8.46. The van der Waals surface area contributed by atoms with Gasteiger partial charge in [0.15, 0.2) is 23.8 Å². The van der Waals surface area contributed by atoms with Crippen LogP contribution in [0.25, 0.3) is 0 Å². The van der Waals surface area contributed by atoms with E-state index in [1.807, 2.05) is 13.8 Å². The van der Waals surface area contributed by atoms with E-state index in [-0.39, 0.29) is 12.8 Å². The van der Waals surface area contributed by atoms with Crippen LogP contribution in [0.5, 0.6) is 0 Å². The zero-order valence-corrected chi connectivity index (χ0v) is 25.8. The SMILES string of the molecule is C=C[C@@]1(C)CC(=O)[C@]2(O)[C@@]3(C)[C@@H](O[C@@H]4O[C@H](CO)[C@@H](O)[C@H](O)[C@H]4O)CCC(C)(C)[C@@H]3[C@H](OC(C)=O)[C@H](OC(C)=O)[C@@]2(C)O1. The molecule has 4 aliphatic rings. The van der Waals surface area contributed by atoms with E-state index in [9.17, 15) is 39.9 Å². The molecule has 43 heavy (non-hydrogen) atoms. The number of ketones is 1. The van der Waals surface area contributed by atoms with Crippen LogP contribution in [0.4, 0.5) is 0 Å². The molecule has 13 atom stereocenters. The van der Waals surface area contributed by atoms with Gasteiger partial charge in [0.25, 0.3) is 0 Å². The number of hydrogen-bond donors (Lipinski definition) is 5. The molecule has 0 amide bonds. The van der Waals surface area contributed by atoms with Gasteiger partial charge in [0, 0.05) is 31.6 Å². The first-order valence-electron chi connectivity index (χ1n) is 14.6. The highest BCUT2D eigenvalue weighted by Gasteiger charge is 2.82.